The lowest BCUT2D eigenvalue weighted by atomic mass is 10.1. The number of carboxylic acids is 1. The third-order valence-corrected chi connectivity index (χ3v) is 3.92. The van der Waals surface area contributed by atoms with E-state index in [4.69, 9.17) is 11.6 Å². The van der Waals surface area contributed by atoms with Gasteiger partial charge in [-0.3, -0.25) is 9.69 Å². The number of carbonyl (C=O) groups is 1. The van der Waals surface area contributed by atoms with E-state index in [-0.39, 0.29) is 0 Å². The third-order valence-electron chi connectivity index (χ3n) is 3.57. The number of aromatic nitrogens is 1. The van der Waals surface area contributed by atoms with Crippen LogP contribution in [0.5, 0.6) is 0 Å². The third kappa shape index (κ3) is 4.21. The summed E-state index contributed by atoms with van der Waals surface area (Å²) in [6.45, 7) is 0.461. The van der Waals surface area contributed by atoms with Crippen LogP contribution in [0.4, 0.5) is 5.82 Å². The van der Waals surface area contributed by atoms with Gasteiger partial charge in [-0.1, -0.05) is 35.9 Å². The van der Waals surface area contributed by atoms with Crippen LogP contribution in [0.2, 0.25) is 5.02 Å². The second-order valence-corrected chi connectivity index (χ2v) is 6.00. The molecule has 0 saturated carbocycles. The first kappa shape index (κ1) is 17.2. The van der Waals surface area contributed by atoms with Gasteiger partial charge in [0.1, 0.15) is 11.9 Å². The number of hydrogen-bond donors (Lipinski definition) is 1. The van der Waals surface area contributed by atoms with E-state index in [0.29, 0.717) is 17.1 Å². The Bertz CT molecular complexity index is 674. The van der Waals surface area contributed by atoms with Gasteiger partial charge < -0.3 is 10.0 Å². The van der Waals surface area contributed by atoms with Gasteiger partial charge in [0.2, 0.25) is 0 Å². The zero-order valence-corrected chi connectivity index (χ0v) is 14.2. The summed E-state index contributed by atoms with van der Waals surface area (Å²) in [7, 11) is 5.61. The van der Waals surface area contributed by atoms with Crippen molar-refractivity contribution >= 4 is 23.4 Å². The Labute approximate surface area is 141 Å². The van der Waals surface area contributed by atoms with Crippen molar-refractivity contribution in [2.24, 2.45) is 0 Å². The summed E-state index contributed by atoms with van der Waals surface area (Å²) in [5, 5.41) is 10.0. The maximum absolute atomic E-state index is 11.7. The van der Waals surface area contributed by atoms with Crippen molar-refractivity contribution in [2.75, 3.05) is 26.0 Å². The number of benzene rings is 1. The quantitative estimate of drug-likeness (QED) is 0.880. The average Bonchev–Trinajstić information content (AvgIpc) is 2.49. The molecule has 6 heteroatoms. The van der Waals surface area contributed by atoms with Crippen molar-refractivity contribution in [1.82, 2.24) is 9.88 Å². The fraction of sp³-hybridized carbons (Fsp3) is 0.294. The summed E-state index contributed by atoms with van der Waals surface area (Å²) in [4.78, 5) is 19.7. The van der Waals surface area contributed by atoms with E-state index in [1.165, 1.54) is 0 Å². The van der Waals surface area contributed by atoms with Crippen molar-refractivity contribution in [1.29, 1.82) is 0 Å². The molecule has 122 valence electrons. The monoisotopic (exact) mass is 333 g/mol. The predicted octanol–water partition coefficient (Wildman–Crippen LogP) is 3.06. The molecule has 1 atom stereocenters. The maximum Gasteiger partial charge on any atom is 0.325 e. The Morgan fingerprint density at radius 3 is 2.43 bits per heavy atom. The van der Waals surface area contributed by atoms with Crippen LogP contribution in [0.15, 0.2) is 42.6 Å². The Balaban J connectivity index is 2.20. The first-order chi connectivity index (χ1) is 10.9. The zero-order valence-electron chi connectivity index (χ0n) is 13.4. The van der Waals surface area contributed by atoms with Crippen molar-refractivity contribution in [3.63, 3.8) is 0 Å². The maximum atomic E-state index is 11.7. The van der Waals surface area contributed by atoms with Crippen LogP contribution in [-0.2, 0) is 11.3 Å². The summed E-state index contributed by atoms with van der Waals surface area (Å²) >= 11 is 6.16. The number of likely N-dealkylation sites (N-methyl/N-ethyl adjacent to an activating group) is 1. The minimum Gasteiger partial charge on any atom is -0.480 e. The van der Waals surface area contributed by atoms with Crippen LogP contribution in [0.1, 0.15) is 17.2 Å². The van der Waals surface area contributed by atoms with Crippen LogP contribution in [0.3, 0.4) is 0 Å². The molecule has 1 aromatic carbocycles. The standard InChI is InChI=1S/C17H20ClN3O2/c1-20(2)15-9-8-12(10-19-15)11-21(3)16(17(22)23)13-6-4-5-7-14(13)18/h4-10,16H,11H2,1-3H3,(H,22,23). The van der Waals surface area contributed by atoms with E-state index in [2.05, 4.69) is 4.98 Å². The molecule has 0 bridgehead atoms. The topological polar surface area (TPSA) is 56.7 Å². The molecule has 0 saturated heterocycles. The number of anilines is 1. The molecule has 1 heterocycles. The van der Waals surface area contributed by atoms with Gasteiger partial charge in [-0.05, 0) is 30.3 Å². The molecule has 5 nitrogen and oxygen atoms in total. The molecule has 1 unspecified atom stereocenters. The minimum absolute atomic E-state index is 0.452. The number of hydrogen-bond acceptors (Lipinski definition) is 4. The van der Waals surface area contributed by atoms with Crippen LogP contribution < -0.4 is 4.90 Å². The van der Waals surface area contributed by atoms with Gasteiger partial charge in [-0.15, -0.1) is 0 Å². The Morgan fingerprint density at radius 2 is 1.91 bits per heavy atom. The molecule has 0 amide bonds. The first-order valence-electron chi connectivity index (χ1n) is 7.20. The van der Waals surface area contributed by atoms with Crippen molar-refractivity contribution in [3.05, 3.63) is 58.7 Å². The largest absolute Gasteiger partial charge is 0.480 e. The lowest BCUT2D eigenvalue weighted by Crippen LogP contribution is -2.30. The lowest BCUT2D eigenvalue weighted by Gasteiger charge is -2.25. The van der Waals surface area contributed by atoms with Gasteiger partial charge >= 0.3 is 5.97 Å². The van der Waals surface area contributed by atoms with Crippen molar-refractivity contribution in [2.45, 2.75) is 12.6 Å². The fourth-order valence-corrected chi connectivity index (χ4v) is 2.65. The zero-order chi connectivity index (χ0) is 17.0. The van der Waals surface area contributed by atoms with Crippen LogP contribution >= 0.6 is 11.6 Å². The van der Waals surface area contributed by atoms with E-state index in [9.17, 15) is 9.90 Å². The SMILES string of the molecule is CN(C)c1ccc(CN(C)C(C(=O)O)c2ccccc2Cl)cn1. The Morgan fingerprint density at radius 1 is 1.22 bits per heavy atom. The van der Waals surface area contributed by atoms with Crippen LogP contribution in [0, 0.1) is 0 Å². The highest BCUT2D eigenvalue weighted by Gasteiger charge is 2.26. The molecule has 1 aromatic heterocycles. The minimum atomic E-state index is -0.932. The summed E-state index contributed by atoms with van der Waals surface area (Å²) in [6.07, 6.45) is 1.76. The second kappa shape index (κ2) is 7.44. The van der Waals surface area contributed by atoms with E-state index in [1.54, 1.807) is 42.4 Å². The molecule has 0 aliphatic heterocycles. The van der Waals surface area contributed by atoms with E-state index in [0.717, 1.165) is 11.4 Å². The Hall–Kier alpha value is -2.11. The lowest BCUT2D eigenvalue weighted by molar-refractivity contribution is -0.143. The summed E-state index contributed by atoms with van der Waals surface area (Å²) in [5.41, 5.74) is 1.53. The summed E-state index contributed by atoms with van der Waals surface area (Å²) < 4.78 is 0. The fourth-order valence-electron chi connectivity index (χ4n) is 2.41. The van der Waals surface area contributed by atoms with Crippen molar-refractivity contribution in [3.8, 4) is 0 Å². The molecule has 0 radical (unpaired) electrons. The smallest absolute Gasteiger partial charge is 0.325 e. The average molecular weight is 334 g/mol. The molecule has 2 rings (SSSR count). The number of carboxylic acid groups (broad SMARTS) is 1. The van der Waals surface area contributed by atoms with Gasteiger partial charge in [0, 0.05) is 31.9 Å². The van der Waals surface area contributed by atoms with Crippen molar-refractivity contribution < 1.29 is 9.90 Å². The summed E-state index contributed by atoms with van der Waals surface area (Å²) in [5.74, 6) is -0.0734. The van der Waals surface area contributed by atoms with E-state index < -0.39 is 12.0 Å². The number of aliphatic carboxylic acids is 1. The van der Waals surface area contributed by atoms with Gasteiger partial charge in [0.25, 0.3) is 0 Å². The van der Waals surface area contributed by atoms with Crippen LogP contribution in [0.25, 0.3) is 0 Å². The molecule has 0 spiro atoms. The number of pyridine rings is 1. The normalized spacial score (nSPS) is 12.2. The highest BCUT2D eigenvalue weighted by molar-refractivity contribution is 6.31. The van der Waals surface area contributed by atoms with Gasteiger partial charge in [0.15, 0.2) is 0 Å². The molecule has 2 aromatic rings. The molecule has 0 aliphatic rings. The molecular weight excluding hydrogens is 314 g/mol. The van der Waals surface area contributed by atoms with E-state index >= 15 is 0 Å². The number of rotatable bonds is 6. The molecule has 0 aliphatic carbocycles. The second-order valence-electron chi connectivity index (χ2n) is 5.60. The van der Waals surface area contributed by atoms with E-state index in [1.807, 2.05) is 31.1 Å². The van der Waals surface area contributed by atoms with Gasteiger partial charge in [-0.25, -0.2) is 4.98 Å². The first-order valence-corrected chi connectivity index (χ1v) is 7.57. The highest BCUT2D eigenvalue weighted by atomic mass is 35.5. The highest BCUT2D eigenvalue weighted by Crippen LogP contribution is 2.28. The molecule has 1 N–H and O–H groups in total. The number of nitrogens with zero attached hydrogens (tertiary/aromatic N) is 3. The Kier molecular flexibility index (Phi) is 5.58. The molecule has 0 fully saturated rings. The van der Waals surface area contributed by atoms with Gasteiger partial charge in [-0.2, -0.15) is 0 Å². The summed E-state index contributed by atoms with van der Waals surface area (Å²) in [6, 6.07) is 10.1. The molecule has 23 heavy (non-hydrogen) atoms. The number of halogens is 1. The predicted molar refractivity (Wildman–Crippen MR) is 91.9 cm³/mol. The molecular formula is C17H20ClN3O2. The van der Waals surface area contributed by atoms with Crippen LogP contribution in [-0.4, -0.2) is 42.1 Å². The van der Waals surface area contributed by atoms with Gasteiger partial charge in [0.05, 0.1) is 0 Å².